The molecule has 0 fully saturated rings. The van der Waals surface area contributed by atoms with Gasteiger partial charge in [-0.1, -0.05) is 49.2 Å². The van der Waals surface area contributed by atoms with Gasteiger partial charge in [0.25, 0.3) is 10.0 Å². The minimum atomic E-state index is -3.74. The number of amides is 1. The van der Waals surface area contributed by atoms with Gasteiger partial charge < -0.3 is 5.32 Å². The second-order valence-corrected chi connectivity index (χ2v) is 7.72. The van der Waals surface area contributed by atoms with E-state index in [1.165, 1.54) is 18.2 Å². The Kier molecular flexibility index (Phi) is 7.24. The number of carbonyl (C=O) groups excluding carboxylic acids is 1. The number of benzene rings is 2. The largest absolute Gasteiger partial charge is 0.353 e. The van der Waals surface area contributed by atoms with E-state index in [1.807, 2.05) is 0 Å². The van der Waals surface area contributed by atoms with Crippen molar-refractivity contribution in [3.05, 3.63) is 65.2 Å². The molecule has 0 radical (unpaired) electrons. The molecule has 0 aromatic heterocycles. The van der Waals surface area contributed by atoms with E-state index in [-0.39, 0.29) is 10.8 Å². The van der Waals surface area contributed by atoms with Gasteiger partial charge in [0.1, 0.15) is 0 Å². The highest BCUT2D eigenvalue weighted by molar-refractivity contribution is 7.92. The molecule has 2 rings (SSSR count). The van der Waals surface area contributed by atoms with Crippen LogP contribution in [-0.4, -0.2) is 20.9 Å². The second-order valence-electron chi connectivity index (χ2n) is 5.63. The smallest absolute Gasteiger partial charge is 0.261 e. The molecule has 0 aliphatic heterocycles. The highest BCUT2D eigenvalue weighted by Gasteiger charge is 2.15. The van der Waals surface area contributed by atoms with Gasteiger partial charge in [0, 0.05) is 12.6 Å². The quantitative estimate of drug-likeness (QED) is 0.525. The van der Waals surface area contributed by atoms with Crippen LogP contribution in [0, 0.1) is 0 Å². The molecule has 0 spiro atoms. The summed E-state index contributed by atoms with van der Waals surface area (Å²) >= 11 is 5.99. The molecule has 5 nitrogen and oxygen atoms in total. The Morgan fingerprint density at radius 1 is 1.12 bits per heavy atom. The number of nitrogens with one attached hydrogen (secondary N) is 2. The highest BCUT2D eigenvalue weighted by Crippen LogP contribution is 2.24. The SMILES string of the molecule is CCCCNC(=O)/C=C\c1ccc(S(=O)(=O)Nc2ccccc2Cl)cc1. The number of halogens is 1. The molecule has 1 amide bonds. The first-order valence-corrected chi connectivity index (χ1v) is 10.1. The van der Waals surface area contributed by atoms with Crippen LogP contribution in [-0.2, 0) is 14.8 Å². The summed E-state index contributed by atoms with van der Waals surface area (Å²) < 4.78 is 27.3. The normalized spacial score (nSPS) is 11.5. The van der Waals surface area contributed by atoms with E-state index < -0.39 is 10.0 Å². The fourth-order valence-corrected chi connectivity index (χ4v) is 3.44. The molecular weight excluding hydrogens is 372 g/mol. The van der Waals surface area contributed by atoms with Crippen molar-refractivity contribution in [3.63, 3.8) is 0 Å². The number of hydrogen-bond acceptors (Lipinski definition) is 3. The Morgan fingerprint density at radius 3 is 2.46 bits per heavy atom. The van der Waals surface area contributed by atoms with Gasteiger partial charge in [-0.25, -0.2) is 8.42 Å². The monoisotopic (exact) mass is 392 g/mol. The van der Waals surface area contributed by atoms with Gasteiger partial charge in [0.15, 0.2) is 0 Å². The Hall–Kier alpha value is -2.31. The molecule has 2 N–H and O–H groups in total. The summed E-state index contributed by atoms with van der Waals surface area (Å²) in [6.45, 7) is 2.70. The molecule has 2 aromatic rings. The summed E-state index contributed by atoms with van der Waals surface area (Å²) in [6.07, 6.45) is 5.02. The maximum Gasteiger partial charge on any atom is 0.261 e. The summed E-state index contributed by atoms with van der Waals surface area (Å²) in [5.41, 5.74) is 1.05. The van der Waals surface area contributed by atoms with Crippen molar-refractivity contribution < 1.29 is 13.2 Å². The molecule has 0 saturated heterocycles. The molecule has 7 heteroatoms. The van der Waals surface area contributed by atoms with Crippen molar-refractivity contribution in [2.75, 3.05) is 11.3 Å². The van der Waals surface area contributed by atoms with Gasteiger partial charge in [0.05, 0.1) is 15.6 Å². The number of rotatable bonds is 8. The first-order valence-electron chi connectivity index (χ1n) is 8.25. The molecule has 0 heterocycles. The van der Waals surface area contributed by atoms with Crippen molar-refractivity contribution >= 4 is 39.3 Å². The second kappa shape index (κ2) is 9.40. The number of anilines is 1. The molecular formula is C19H21ClN2O3S. The molecule has 138 valence electrons. The van der Waals surface area contributed by atoms with Crippen molar-refractivity contribution in [3.8, 4) is 0 Å². The van der Waals surface area contributed by atoms with Crippen LogP contribution in [0.5, 0.6) is 0 Å². The molecule has 0 aliphatic carbocycles. The van der Waals surface area contributed by atoms with Crippen LogP contribution in [0.1, 0.15) is 25.3 Å². The summed E-state index contributed by atoms with van der Waals surface area (Å²) in [5.74, 6) is -0.171. The van der Waals surface area contributed by atoms with E-state index in [0.29, 0.717) is 17.3 Å². The van der Waals surface area contributed by atoms with E-state index in [1.54, 1.807) is 42.5 Å². The van der Waals surface area contributed by atoms with Crippen molar-refractivity contribution in [2.24, 2.45) is 0 Å². The van der Waals surface area contributed by atoms with Gasteiger partial charge >= 0.3 is 0 Å². The number of carbonyl (C=O) groups is 1. The van der Waals surface area contributed by atoms with Crippen LogP contribution in [0.2, 0.25) is 5.02 Å². The minimum absolute atomic E-state index is 0.113. The maximum absolute atomic E-state index is 12.4. The lowest BCUT2D eigenvalue weighted by Gasteiger charge is -2.09. The third-order valence-corrected chi connectivity index (χ3v) is 5.28. The third kappa shape index (κ3) is 5.89. The summed E-state index contributed by atoms with van der Waals surface area (Å²) in [7, 11) is -3.74. The highest BCUT2D eigenvalue weighted by atomic mass is 35.5. The molecule has 2 aromatic carbocycles. The fourth-order valence-electron chi connectivity index (χ4n) is 2.12. The van der Waals surface area contributed by atoms with Gasteiger partial charge in [-0.05, 0) is 42.3 Å². The van der Waals surface area contributed by atoms with Crippen LogP contribution < -0.4 is 10.0 Å². The van der Waals surface area contributed by atoms with E-state index in [9.17, 15) is 13.2 Å². The maximum atomic E-state index is 12.4. The first-order chi connectivity index (χ1) is 12.4. The summed E-state index contributed by atoms with van der Waals surface area (Å²) in [4.78, 5) is 11.7. The van der Waals surface area contributed by atoms with E-state index in [4.69, 9.17) is 11.6 Å². The van der Waals surface area contributed by atoms with Crippen molar-refractivity contribution in [2.45, 2.75) is 24.7 Å². The average Bonchev–Trinajstić information content (AvgIpc) is 2.62. The zero-order valence-electron chi connectivity index (χ0n) is 14.4. The van der Waals surface area contributed by atoms with Crippen molar-refractivity contribution in [1.82, 2.24) is 5.32 Å². The van der Waals surface area contributed by atoms with Gasteiger partial charge in [-0.3, -0.25) is 9.52 Å². The van der Waals surface area contributed by atoms with Crippen LogP contribution in [0.3, 0.4) is 0 Å². The Morgan fingerprint density at radius 2 is 1.81 bits per heavy atom. The van der Waals surface area contributed by atoms with E-state index >= 15 is 0 Å². The first kappa shape index (κ1) is 20.0. The molecule has 0 aliphatic rings. The van der Waals surface area contributed by atoms with Crippen LogP contribution in [0.4, 0.5) is 5.69 Å². The van der Waals surface area contributed by atoms with Gasteiger partial charge in [-0.15, -0.1) is 0 Å². The number of hydrogen-bond donors (Lipinski definition) is 2. The molecule has 0 bridgehead atoms. The molecule has 0 saturated carbocycles. The molecule has 26 heavy (non-hydrogen) atoms. The summed E-state index contributed by atoms with van der Waals surface area (Å²) in [6, 6.07) is 12.9. The lowest BCUT2D eigenvalue weighted by Crippen LogP contribution is -2.21. The van der Waals surface area contributed by atoms with Gasteiger partial charge in [0.2, 0.25) is 5.91 Å². The Balaban J connectivity index is 2.04. The third-order valence-electron chi connectivity index (χ3n) is 3.57. The molecule has 0 atom stereocenters. The predicted molar refractivity (Wildman–Crippen MR) is 106 cm³/mol. The Labute approximate surface area is 159 Å². The standard InChI is InChI=1S/C19H21ClN2O3S/c1-2-3-14-21-19(23)13-10-15-8-11-16(12-9-15)26(24,25)22-18-7-5-4-6-17(18)20/h4-13,22H,2-3,14H2,1H3,(H,21,23)/b13-10-. The fraction of sp³-hybridized carbons (Fsp3) is 0.211. The zero-order valence-corrected chi connectivity index (χ0v) is 16.0. The van der Waals surface area contributed by atoms with Crippen LogP contribution in [0.25, 0.3) is 6.08 Å². The lowest BCUT2D eigenvalue weighted by molar-refractivity contribution is -0.116. The molecule has 0 unspecified atom stereocenters. The Bertz CT molecular complexity index is 878. The zero-order chi connectivity index (χ0) is 19.0. The minimum Gasteiger partial charge on any atom is -0.353 e. The average molecular weight is 393 g/mol. The van der Waals surface area contributed by atoms with E-state index in [2.05, 4.69) is 17.0 Å². The van der Waals surface area contributed by atoms with Crippen LogP contribution >= 0.6 is 11.6 Å². The topological polar surface area (TPSA) is 75.3 Å². The van der Waals surface area contributed by atoms with Crippen LogP contribution in [0.15, 0.2) is 59.5 Å². The summed E-state index contributed by atoms with van der Waals surface area (Å²) in [5, 5.41) is 3.10. The number of para-hydroxylation sites is 1. The van der Waals surface area contributed by atoms with E-state index in [0.717, 1.165) is 18.4 Å². The van der Waals surface area contributed by atoms with Gasteiger partial charge in [-0.2, -0.15) is 0 Å². The number of unbranched alkanes of at least 4 members (excludes halogenated alkanes) is 1. The van der Waals surface area contributed by atoms with Crippen molar-refractivity contribution in [1.29, 1.82) is 0 Å². The lowest BCUT2D eigenvalue weighted by atomic mass is 10.2. The number of sulfonamides is 1. The predicted octanol–water partition coefficient (Wildman–Crippen LogP) is 4.07.